The molecule has 0 saturated carbocycles. The van der Waals surface area contributed by atoms with E-state index in [9.17, 15) is 4.79 Å². The van der Waals surface area contributed by atoms with Gasteiger partial charge >= 0.3 is 0 Å². The Labute approximate surface area is 167 Å². The van der Waals surface area contributed by atoms with Gasteiger partial charge in [-0.25, -0.2) is 4.99 Å². The van der Waals surface area contributed by atoms with Crippen molar-refractivity contribution in [1.82, 2.24) is 25.3 Å². The topological polar surface area (TPSA) is 76.6 Å². The minimum Gasteiger partial charge on any atom is -0.356 e. The maximum Gasteiger partial charge on any atom is 0.242 e. The summed E-state index contributed by atoms with van der Waals surface area (Å²) in [7, 11) is 0. The Balaban J connectivity index is 0.00000312. The molecular weight excluding hydrogens is 431 g/mol. The Morgan fingerprint density at radius 3 is 2.64 bits per heavy atom. The lowest BCUT2D eigenvalue weighted by Gasteiger charge is -2.49. The molecule has 2 heterocycles. The van der Waals surface area contributed by atoms with Gasteiger partial charge in [0, 0.05) is 30.4 Å². The average Bonchev–Trinajstić information content (AvgIpc) is 2.86. The fraction of sp³-hybridized carbons (Fsp3) is 0.706. The zero-order valence-electron chi connectivity index (χ0n) is 16.1. The predicted molar refractivity (Wildman–Crippen MR) is 111 cm³/mol. The van der Waals surface area contributed by atoms with Crippen molar-refractivity contribution >= 4 is 35.8 Å². The lowest BCUT2D eigenvalue weighted by Crippen LogP contribution is -2.66. The highest BCUT2D eigenvalue weighted by atomic mass is 127. The molecule has 2 rings (SSSR count). The van der Waals surface area contributed by atoms with Crippen molar-refractivity contribution in [3.8, 4) is 0 Å². The molecule has 25 heavy (non-hydrogen) atoms. The number of nitrogens with one attached hydrogen (secondary N) is 2. The van der Waals surface area contributed by atoms with E-state index in [1.807, 2.05) is 18.7 Å². The summed E-state index contributed by atoms with van der Waals surface area (Å²) in [5.74, 6) is 0.925. The van der Waals surface area contributed by atoms with Crippen LogP contribution in [0.3, 0.4) is 0 Å². The minimum atomic E-state index is -0.231. The summed E-state index contributed by atoms with van der Waals surface area (Å²) in [6.07, 6.45) is 1.80. The lowest BCUT2D eigenvalue weighted by atomic mass is 9.96. The Kier molecular flexibility index (Phi) is 7.70. The van der Waals surface area contributed by atoms with Crippen LogP contribution in [0.1, 0.15) is 45.9 Å². The van der Waals surface area contributed by atoms with Crippen LogP contribution < -0.4 is 5.32 Å². The van der Waals surface area contributed by atoms with Gasteiger partial charge in [-0.1, -0.05) is 0 Å². The Morgan fingerprint density at radius 1 is 1.48 bits per heavy atom. The number of carbonyl (C=O) groups excluding carboxylic acids is 1. The maximum absolute atomic E-state index is 12.6. The SMILES string of the molecule is CCNC(=NCc1cn[nH]c1C)N1CC(=O)N(C(C)C)C(C)(C)C1.I. The molecule has 0 atom stereocenters. The van der Waals surface area contributed by atoms with E-state index in [4.69, 9.17) is 4.99 Å². The zero-order chi connectivity index (χ0) is 17.9. The van der Waals surface area contributed by atoms with Crippen molar-refractivity contribution in [2.75, 3.05) is 19.6 Å². The summed E-state index contributed by atoms with van der Waals surface area (Å²) in [5, 5.41) is 10.3. The van der Waals surface area contributed by atoms with E-state index in [0.717, 1.165) is 30.3 Å². The van der Waals surface area contributed by atoms with Gasteiger partial charge in [0.05, 0.1) is 24.8 Å². The van der Waals surface area contributed by atoms with E-state index in [0.29, 0.717) is 13.1 Å². The van der Waals surface area contributed by atoms with Gasteiger partial charge in [0.2, 0.25) is 5.91 Å². The van der Waals surface area contributed by atoms with Crippen LogP contribution in [-0.2, 0) is 11.3 Å². The minimum absolute atomic E-state index is 0. The molecule has 0 aliphatic carbocycles. The van der Waals surface area contributed by atoms with Gasteiger partial charge < -0.3 is 15.1 Å². The highest BCUT2D eigenvalue weighted by Gasteiger charge is 2.40. The van der Waals surface area contributed by atoms with Crippen LogP contribution in [0.15, 0.2) is 11.2 Å². The van der Waals surface area contributed by atoms with Crippen molar-refractivity contribution < 1.29 is 4.79 Å². The van der Waals surface area contributed by atoms with E-state index in [1.165, 1.54) is 0 Å². The number of guanidine groups is 1. The standard InChI is InChI=1S/C17H30N6O.HI/c1-7-18-16(19-8-14-9-20-21-13(14)4)22-10-15(24)23(12(2)3)17(5,6)11-22;/h9,12H,7-8,10-11H2,1-6H3,(H,18,19)(H,20,21);1H. The van der Waals surface area contributed by atoms with E-state index in [-0.39, 0.29) is 41.5 Å². The van der Waals surface area contributed by atoms with Crippen LogP contribution in [-0.4, -0.2) is 63.1 Å². The molecule has 1 aliphatic heterocycles. The number of amides is 1. The van der Waals surface area contributed by atoms with E-state index in [1.54, 1.807) is 6.20 Å². The number of aromatic amines is 1. The quantitative estimate of drug-likeness (QED) is 0.409. The molecule has 0 unspecified atom stereocenters. The molecule has 0 bridgehead atoms. The summed E-state index contributed by atoms with van der Waals surface area (Å²) in [6, 6.07) is 0.197. The highest BCUT2D eigenvalue weighted by molar-refractivity contribution is 14.0. The summed E-state index contributed by atoms with van der Waals surface area (Å²) < 4.78 is 0. The molecule has 1 amide bonds. The second-order valence-corrected chi connectivity index (χ2v) is 7.22. The number of H-pyrrole nitrogens is 1. The summed E-state index contributed by atoms with van der Waals surface area (Å²) in [4.78, 5) is 21.4. The van der Waals surface area contributed by atoms with Gasteiger partial charge in [-0.05, 0) is 41.5 Å². The van der Waals surface area contributed by atoms with Gasteiger partial charge in [0.15, 0.2) is 5.96 Å². The van der Waals surface area contributed by atoms with Gasteiger partial charge in [0.1, 0.15) is 0 Å². The number of nitrogens with zero attached hydrogens (tertiary/aromatic N) is 4. The number of halogens is 1. The number of rotatable bonds is 4. The fourth-order valence-corrected chi connectivity index (χ4v) is 3.43. The number of piperazine rings is 1. The maximum atomic E-state index is 12.6. The molecule has 1 aromatic rings. The van der Waals surface area contributed by atoms with E-state index < -0.39 is 0 Å². The zero-order valence-corrected chi connectivity index (χ0v) is 18.4. The van der Waals surface area contributed by atoms with Crippen LogP contribution >= 0.6 is 24.0 Å². The van der Waals surface area contributed by atoms with Crippen molar-refractivity contribution in [3.05, 3.63) is 17.5 Å². The van der Waals surface area contributed by atoms with Crippen molar-refractivity contribution in [2.24, 2.45) is 4.99 Å². The van der Waals surface area contributed by atoms with Crippen LogP contribution in [0, 0.1) is 6.92 Å². The summed E-state index contributed by atoms with van der Waals surface area (Å²) in [6.45, 7) is 14.8. The highest BCUT2D eigenvalue weighted by Crippen LogP contribution is 2.24. The molecule has 0 spiro atoms. The van der Waals surface area contributed by atoms with Crippen LogP contribution in [0.4, 0.5) is 0 Å². The molecule has 0 radical (unpaired) electrons. The largest absolute Gasteiger partial charge is 0.356 e. The van der Waals surface area contributed by atoms with E-state index in [2.05, 4.69) is 48.1 Å². The summed E-state index contributed by atoms with van der Waals surface area (Å²) in [5.41, 5.74) is 1.86. The van der Waals surface area contributed by atoms with Gasteiger partial charge in [-0.15, -0.1) is 24.0 Å². The van der Waals surface area contributed by atoms with Gasteiger partial charge in [-0.2, -0.15) is 5.10 Å². The number of aryl methyl sites for hydroxylation is 1. The molecular formula is C17H31IN6O. The Morgan fingerprint density at radius 2 is 2.16 bits per heavy atom. The molecule has 1 aliphatic rings. The molecule has 142 valence electrons. The molecule has 1 aromatic heterocycles. The first kappa shape index (κ1) is 21.7. The Hall–Kier alpha value is -1.32. The third-order valence-corrected chi connectivity index (χ3v) is 4.31. The fourth-order valence-electron chi connectivity index (χ4n) is 3.43. The number of hydrogen-bond donors (Lipinski definition) is 2. The molecule has 1 saturated heterocycles. The normalized spacial score (nSPS) is 17.7. The van der Waals surface area contributed by atoms with E-state index >= 15 is 0 Å². The van der Waals surface area contributed by atoms with Crippen LogP contribution in [0.5, 0.6) is 0 Å². The summed E-state index contributed by atoms with van der Waals surface area (Å²) >= 11 is 0. The number of aromatic nitrogens is 2. The molecule has 7 nitrogen and oxygen atoms in total. The average molecular weight is 462 g/mol. The third kappa shape index (κ3) is 5.08. The van der Waals surface area contributed by atoms with Gasteiger partial charge in [-0.3, -0.25) is 9.89 Å². The van der Waals surface area contributed by atoms with Crippen LogP contribution in [0.2, 0.25) is 0 Å². The first-order chi connectivity index (χ1) is 11.3. The van der Waals surface area contributed by atoms with Gasteiger partial charge in [0.25, 0.3) is 0 Å². The second kappa shape index (κ2) is 8.86. The predicted octanol–water partition coefficient (Wildman–Crippen LogP) is 2.13. The van der Waals surface area contributed by atoms with Crippen molar-refractivity contribution in [2.45, 2.75) is 59.7 Å². The number of hydrogen-bond acceptors (Lipinski definition) is 3. The van der Waals surface area contributed by atoms with Crippen LogP contribution in [0.25, 0.3) is 0 Å². The number of aliphatic imine (C=N–C) groups is 1. The first-order valence-electron chi connectivity index (χ1n) is 8.60. The molecule has 8 heteroatoms. The molecule has 2 N–H and O–H groups in total. The molecule has 1 fully saturated rings. The monoisotopic (exact) mass is 462 g/mol. The molecule has 0 aromatic carbocycles. The lowest BCUT2D eigenvalue weighted by molar-refractivity contribution is -0.145. The third-order valence-electron chi connectivity index (χ3n) is 4.31. The second-order valence-electron chi connectivity index (χ2n) is 7.22. The smallest absolute Gasteiger partial charge is 0.242 e. The Bertz CT molecular complexity index is 610. The van der Waals surface area contributed by atoms with Crippen molar-refractivity contribution in [3.63, 3.8) is 0 Å². The van der Waals surface area contributed by atoms with Crippen molar-refractivity contribution in [1.29, 1.82) is 0 Å². The number of carbonyl (C=O) groups is 1. The first-order valence-corrected chi connectivity index (χ1v) is 8.60.